The third kappa shape index (κ3) is 4.90. The number of benzene rings is 1. The standard InChI is InChI=1S/C15H20N2O3/c1-11(2)14(15(18)19-3)17-10-12-4-6-13(7-5-12)20-9-8-16/h4-7,11,14,17H,9-10H2,1-3H3. The van der Waals surface area contributed by atoms with Crippen LogP contribution in [0.5, 0.6) is 5.75 Å². The van der Waals surface area contributed by atoms with Crippen LogP contribution < -0.4 is 10.1 Å². The Labute approximate surface area is 119 Å². The second-order valence-electron chi connectivity index (χ2n) is 4.72. The highest BCUT2D eigenvalue weighted by molar-refractivity contribution is 5.75. The molecule has 1 rings (SSSR count). The molecule has 0 aromatic heterocycles. The highest BCUT2D eigenvalue weighted by Gasteiger charge is 2.21. The maximum atomic E-state index is 11.6. The molecule has 0 spiro atoms. The average molecular weight is 276 g/mol. The van der Waals surface area contributed by atoms with E-state index in [1.807, 2.05) is 32.0 Å². The van der Waals surface area contributed by atoms with E-state index >= 15 is 0 Å². The van der Waals surface area contributed by atoms with Crippen molar-refractivity contribution in [2.24, 2.45) is 5.92 Å². The number of methoxy groups -OCH3 is 1. The summed E-state index contributed by atoms with van der Waals surface area (Å²) in [6.45, 7) is 4.53. The highest BCUT2D eigenvalue weighted by Crippen LogP contribution is 2.12. The lowest BCUT2D eigenvalue weighted by Gasteiger charge is -2.19. The highest BCUT2D eigenvalue weighted by atomic mass is 16.5. The topological polar surface area (TPSA) is 71.3 Å². The minimum atomic E-state index is -0.325. The fourth-order valence-corrected chi connectivity index (χ4v) is 1.77. The van der Waals surface area contributed by atoms with Gasteiger partial charge in [-0.05, 0) is 23.6 Å². The van der Waals surface area contributed by atoms with Gasteiger partial charge in [0.2, 0.25) is 0 Å². The van der Waals surface area contributed by atoms with Crippen LogP contribution in [0.25, 0.3) is 0 Å². The molecule has 0 fully saturated rings. The molecule has 1 aromatic rings. The minimum Gasteiger partial charge on any atom is -0.479 e. The Kier molecular flexibility index (Phi) is 6.54. The van der Waals surface area contributed by atoms with Crippen LogP contribution in [0, 0.1) is 17.2 Å². The van der Waals surface area contributed by atoms with Crippen molar-refractivity contribution in [3.05, 3.63) is 29.8 Å². The number of rotatable bonds is 7. The summed E-state index contributed by atoms with van der Waals surface area (Å²) in [6.07, 6.45) is 0. The number of carbonyl (C=O) groups is 1. The number of nitrogens with one attached hydrogen (secondary N) is 1. The molecule has 1 aromatic carbocycles. The molecule has 5 heteroatoms. The first-order chi connectivity index (χ1) is 9.58. The van der Waals surface area contributed by atoms with Crippen LogP contribution in [0.2, 0.25) is 0 Å². The van der Waals surface area contributed by atoms with Crippen molar-refractivity contribution in [3.63, 3.8) is 0 Å². The molecule has 1 unspecified atom stereocenters. The van der Waals surface area contributed by atoms with E-state index in [0.717, 1.165) is 5.56 Å². The average Bonchev–Trinajstić information content (AvgIpc) is 2.45. The van der Waals surface area contributed by atoms with Crippen molar-refractivity contribution in [1.29, 1.82) is 5.26 Å². The van der Waals surface area contributed by atoms with E-state index in [1.54, 1.807) is 12.1 Å². The Morgan fingerprint density at radius 1 is 1.35 bits per heavy atom. The molecule has 0 saturated carbocycles. The first-order valence-electron chi connectivity index (χ1n) is 6.48. The Hall–Kier alpha value is -2.06. The van der Waals surface area contributed by atoms with Gasteiger partial charge in [0, 0.05) is 6.54 Å². The number of ether oxygens (including phenoxy) is 2. The van der Waals surface area contributed by atoms with Crippen molar-refractivity contribution < 1.29 is 14.3 Å². The van der Waals surface area contributed by atoms with Gasteiger partial charge in [0.25, 0.3) is 0 Å². The lowest BCUT2D eigenvalue weighted by molar-refractivity contribution is -0.144. The smallest absolute Gasteiger partial charge is 0.323 e. The van der Waals surface area contributed by atoms with Crippen molar-refractivity contribution in [3.8, 4) is 11.8 Å². The van der Waals surface area contributed by atoms with Crippen molar-refractivity contribution >= 4 is 5.97 Å². The van der Waals surface area contributed by atoms with E-state index in [0.29, 0.717) is 12.3 Å². The number of nitriles is 1. The maximum absolute atomic E-state index is 11.6. The van der Waals surface area contributed by atoms with E-state index in [1.165, 1.54) is 7.11 Å². The molecule has 0 aliphatic heterocycles. The van der Waals surface area contributed by atoms with E-state index < -0.39 is 0 Å². The monoisotopic (exact) mass is 276 g/mol. The second-order valence-corrected chi connectivity index (χ2v) is 4.72. The Morgan fingerprint density at radius 3 is 2.50 bits per heavy atom. The molecular formula is C15H20N2O3. The summed E-state index contributed by atoms with van der Waals surface area (Å²) < 4.78 is 9.95. The summed E-state index contributed by atoms with van der Waals surface area (Å²) >= 11 is 0. The lowest BCUT2D eigenvalue weighted by atomic mass is 10.0. The van der Waals surface area contributed by atoms with Crippen LogP contribution in [0.4, 0.5) is 0 Å². The predicted molar refractivity (Wildman–Crippen MR) is 75.0 cm³/mol. The summed E-state index contributed by atoms with van der Waals surface area (Å²) in [4.78, 5) is 11.6. The first-order valence-corrected chi connectivity index (χ1v) is 6.48. The number of carbonyl (C=O) groups excluding carboxylic acids is 1. The van der Waals surface area contributed by atoms with Gasteiger partial charge in [0.1, 0.15) is 17.9 Å². The molecule has 5 nitrogen and oxygen atoms in total. The van der Waals surface area contributed by atoms with Gasteiger partial charge >= 0.3 is 5.97 Å². The van der Waals surface area contributed by atoms with Gasteiger partial charge in [0.15, 0.2) is 6.61 Å². The van der Waals surface area contributed by atoms with Crippen LogP contribution in [0.15, 0.2) is 24.3 Å². The van der Waals surface area contributed by atoms with Crippen LogP contribution in [0.1, 0.15) is 19.4 Å². The minimum absolute atomic E-state index is 0.0371. The zero-order valence-electron chi connectivity index (χ0n) is 12.1. The summed E-state index contributed by atoms with van der Waals surface area (Å²) in [5, 5.41) is 11.6. The van der Waals surface area contributed by atoms with Crippen LogP contribution >= 0.6 is 0 Å². The van der Waals surface area contributed by atoms with E-state index in [2.05, 4.69) is 5.32 Å². The number of hydrogen-bond donors (Lipinski definition) is 1. The number of hydrogen-bond acceptors (Lipinski definition) is 5. The van der Waals surface area contributed by atoms with Gasteiger partial charge in [-0.15, -0.1) is 0 Å². The van der Waals surface area contributed by atoms with E-state index in [9.17, 15) is 4.79 Å². The lowest BCUT2D eigenvalue weighted by Crippen LogP contribution is -2.41. The molecule has 0 amide bonds. The summed E-state index contributed by atoms with van der Waals surface area (Å²) in [7, 11) is 1.39. The largest absolute Gasteiger partial charge is 0.479 e. The van der Waals surface area contributed by atoms with Gasteiger partial charge in [-0.1, -0.05) is 26.0 Å². The molecular weight excluding hydrogens is 256 g/mol. The molecule has 0 saturated heterocycles. The van der Waals surface area contributed by atoms with Gasteiger partial charge in [0.05, 0.1) is 7.11 Å². The summed E-state index contributed by atoms with van der Waals surface area (Å²) in [5.74, 6) is 0.554. The van der Waals surface area contributed by atoms with Crippen LogP contribution in [0.3, 0.4) is 0 Å². The van der Waals surface area contributed by atoms with Crippen LogP contribution in [-0.4, -0.2) is 25.7 Å². The van der Waals surface area contributed by atoms with Gasteiger partial charge in [-0.2, -0.15) is 5.26 Å². The molecule has 1 N–H and O–H groups in total. The van der Waals surface area contributed by atoms with Crippen molar-refractivity contribution in [1.82, 2.24) is 5.32 Å². The maximum Gasteiger partial charge on any atom is 0.323 e. The molecule has 0 bridgehead atoms. The predicted octanol–water partition coefficient (Wildman–Crippen LogP) is 1.88. The molecule has 108 valence electrons. The summed E-state index contributed by atoms with van der Waals surface area (Å²) in [6, 6.07) is 8.99. The molecule has 0 aliphatic rings. The Balaban J connectivity index is 2.56. The molecule has 20 heavy (non-hydrogen) atoms. The molecule has 0 aliphatic carbocycles. The summed E-state index contributed by atoms with van der Waals surface area (Å²) in [5.41, 5.74) is 1.03. The zero-order valence-corrected chi connectivity index (χ0v) is 12.1. The fraction of sp³-hybridized carbons (Fsp3) is 0.467. The zero-order chi connectivity index (χ0) is 15.0. The van der Waals surface area contributed by atoms with Crippen molar-refractivity contribution in [2.45, 2.75) is 26.4 Å². The van der Waals surface area contributed by atoms with Gasteiger partial charge in [-0.25, -0.2) is 0 Å². The fourth-order valence-electron chi connectivity index (χ4n) is 1.77. The van der Waals surface area contributed by atoms with E-state index in [-0.39, 0.29) is 24.5 Å². The van der Waals surface area contributed by atoms with E-state index in [4.69, 9.17) is 14.7 Å². The number of nitrogens with zero attached hydrogens (tertiary/aromatic N) is 1. The molecule has 0 radical (unpaired) electrons. The normalized spacial score (nSPS) is 11.8. The van der Waals surface area contributed by atoms with Gasteiger partial charge in [-0.3, -0.25) is 4.79 Å². The third-order valence-corrected chi connectivity index (χ3v) is 2.87. The SMILES string of the molecule is COC(=O)C(NCc1ccc(OCC#N)cc1)C(C)C. The quantitative estimate of drug-likeness (QED) is 0.770. The Morgan fingerprint density at radius 2 is 2.00 bits per heavy atom. The Bertz CT molecular complexity index is 463. The second kappa shape index (κ2) is 8.18. The van der Waals surface area contributed by atoms with Crippen molar-refractivity contribution in [2.75, 3.05) is 13.7 Å². The number of esters is 1. The van der Waals surface area contributed by atoms with Gasteiger partial charge < -0.3 is 14.8 Å². The third-order valence-electron chi connectivity index (χ3n) is 2.87. The molecule has 0 heterocycles. The molecule has 1 atom stereocenters. The van der Waals surface area contributed by atoms with Crippen LogP contribution in [-0.2, 0) is 16.1 Å². The first kappa shape index (κ1) is 16.0.